The van der Waals surface area contributed by atoms with Gasteiger partial charge in [0.1, 0.15) is 31.4 Å². The first-order valence-corrected chi connectivity index (χ1v) is 10.5. The lowest BCUT2D eigenvalue weighted by atomic mass is 10.1. The van der Waals surface area contributed by atoms with Crippen LogP contribution in [0.25, 0.3) is 5.95 Å². The van der Waals surface area contributed by atoms with Gasteiger partial charge in [-0.1, -0.05) is 6.07 Å². The van der Waals surface area contributed by atoms with E-state index >= 15 is 0 Å². The number of rotatable bonds is 5. The van der Waals surface area contributed by atoms with E-state index in [4.69, 9.17) is 9.47 Å². The van der Waals surface area contributed by atoms with Gasteiger partial charge in [-0.3, -0.25) is 9.36 Å². The summed E-state index contributed by atoms with van der Waals surface area (Å²) in [5.41, 5.74) is 0.978. The lowest BCUT2D eigenvalue weighted by Gasteiger charge is -2.27. The maximum absolute atomic E-state index is 13.1. The summed E-state index contributed by atoms with van der Waals surface area (Å²) in [6, 6.07) is 7.21. The quantitative estimate of drug-likeness (QED) is 0.677. The molecule has 1 amide bonds. The second-order valence-electron chi connectivity index (χ2n) is 7.67. The van der Waals surface area contributed by atoms with Gasteiger partial charge in [-0.25, -0.2) is 9.97 Å². The van der Waals surface area contributed by atoms with E-state index in [0.717, 1.165) is 42.3 Å². The molecular formula is C22H24N6O3. The molecule has 0 radical (unpaired) electrons. The highest BCUT2D eigenvalue weighted by Crippen LogP contribution is 2.33. The molecule has 160 valence electrons. The number of imidazole rings is 1. The third-order valence-electron chi connectivity index (χ3n) is 5.64. The van der Waals surface area contributed by atoms with Gasteiger partial charge < -0.3 is 19.7 Å². The molecule has 2 aromatic heterocycles. The molecule has 1 fully saturated rings. The minimum absolute atomic E-state index is 0.0114. The number of hydrogen-bond donors (Lipinski definition) is 1. The number of nitrogens with one attached hydrogen (secondary N) is 1. The van der Waals surface area contributed by atoms with Crippen LogP contribution in [0.2, 0.25) is 0 Å². The molecule has 5 rings (SSSR count). The van der Waals surface area contributed by atoms with Crippen LogP contribution in [0, 0.1) is 0 Å². The van der Waals surface area contributed by atoms with Crippen molar-refractivity contribution in [3.05, 3.63) is 54.7 Å². The van der Waals surface area contributed by atoms with E-state index in [1.807, 2.05) is 36.1 Å². The first-order valence-electron chi connectivity index (χ1n) is 10.5. The highest BCUT2D eigenvalue weighted by molar-refractivity contribution is 5.86. The number of nitrogens with zero attached hydrogens (tertiary/aromatic N) is 5. The Morgan fingerprint density at radius 1 is 1.19 bits per heavy atom. The third-order valence-corrected chi connectivity index (χ3v) is 5.64. The Morgan fingerprint density at radius 2 is 2.06 bits per heavy atom. The molecule has 9 nitrogen and oxygen atoms in total. The average molecular weight is 420 g/mol. The fourth-order valence-corrected chi connectivity index (χ4v) is 4.04. The first-order chi connectivity index (χ1) is 15.2. The van der Waals surface area contributed by atoms with Gasteiger partial charge in [-0.05, 0) is 43.5 Å². The Kier molecular flexibility index (Phi) is 5.15. The number of amides is 1. The van der Waals surface area contributed by atoms with Gasteiger partial charge >= 0.3 is 0 Å². The van der Waals surface area contributed by atoms with Gasteiger partial charge in [0.15, 0.2) is 11.5 Å². The smallest absolute Gasteiger partial charge is 0.243 e. The highest BCUT2D eigenvalue weighted by Gasteiger charge is 2.32. The number of carbonyl (C=O) groups is 1. The summed E-state index contributed by atoms with van der Waals surface area (Å²) in [6.45, 7) is 3.84. The topological polar surface area (TPSA) is 94.4 Å². The van der Waals surface area contributed by atoms with Crippen LogP contribution in [0.4, 0.5) is 5.82 Å². The fraction of sp³-hybridized carbons (Fsp3) is 0.364. The summed E-state index contributed by atoms with van der Waals surface area (Å²) < 4.78 is 13.0. The summed E-state index contributed by atoms with van der Waals surface area (Å²) in [6.07, 6.45) is 8.56. The van der Waals surface area contributed by atoms with Crippen LogP contribution in [0.1, 0.15) is 31.4 Å². The maximum atomic E-state index is 13.1. The van der Waals surface area contributed by atoms with Crippen LogP contribution in [-0.4, -0.2) is 51.2 Å². The molecule has 9 heteroatoms. The predicted molar refractivity (Wildman–Crippen MR) is 114 cm³/mol. The van der Waals surface area contributed by atoms with Crippen molar-refractivity contribution in [1.82, 2.24) is 24.8 Å². The van der Waals surface area contributed by atoms with Crippen molar-refractivity contribution in [1.29, 1.82) is 0 Å². The van der Waals surface area contributed by atoms with Crippen LogP contribution in [0.3, 0.4) is 0 Å². The lowest BCUT2D eigenvalue weighted by molar-refractivity contribution is -0.122. The minimum Gasteiger partial charge on any atom is -0.486 e. The fourth-order valence-electron chi connectivity index (χ4n) is 4.04. The number of fused-ring (bicyclic) bond motifs is 1. The zero-order valence-electron chi connectivity index (χ0n) is 17.3. The van der Waals surface area contributed by atoms with Crippen LogP contribution >= 0.6 is 0 Å². The Bertz CT molecular complexity index is 1070. The largest absolute Gasteiger partial charge is 0.486 e. The van der Waals surface area contributed by atoms with E-state index in [-0.39, 0.29) is 18.0 Å². The Morgan fingerprint density at radius 3 is 2.90 bits per heavy atom. The maximum Gasteiger partial charge on any atom is 0.243 e. The van der Waals surface area contributed by atoms with E-state index < -0.39 is 0 Å². The van der Waals surface area contributed by atoms with Crippen molar-refractivity contribution < 1.29 is 14.3 Å². The molecule has 0 spiro atoms. The SMILES string of the molecule is CC(NC(=O)C1CCCN1c1ccnc(-n2ccnc2)n1)c1ccc2c(c1)OCCO2. The molecule has 0 aliphatic carbocycles. The van der Waals surface area contributed by atoms with Gasteiger partial charge in [0.2, 0.25) is 11.9 Å². The van der Waals surface area contributed by atoms with Crippen molar-refractivity contribution in [3.63, 3.8) is 0 Å². The molecule has 4 heterocycles. The van der Waals surface area contributed by atoms with Gasteiger partial charge in [0.25, 0.3) is 0 Å². The summed E-state index contributed by atoms with van der Waals surface area (Å²) in [5, 5.41) is 3.15. The van der Waals surface area contributed by atoms with E-state index in [1.165, 1.54) is 0 Å². The van der Waals surface area contributed by atoms with Crippen LogP contribution < -0.4 is 19.7 Å². The number of benzene rings is 1. The zero-order chi connectivity index (χ0) is 21.2. The Balaban J connectivity index is 1.30. The molecule has 2 aliphatic heterocycles. The van der Waals surface area contributed by atoms with Gasteiger partial charge in [0.05, 0.1) is 6.04 Å². The molecule has 1 N–H and O–H groups in total. The first kappa shape index (κ1) is 19.3. The molecule has 2 atom stereocenters. The van der Waals surface area contributed by atoms with Crippen LogP contribution in [0.5, 0.6) is 11.5 Å². The summed E-state index contributed by atoms with van der Waals surface area (Å²) in [7, 11) is 0. The molecule has 1 saturated heterocycles. The monoisotopic (exact) mass is 420 g/mol. The van der Waals surface area contributed by atoms with Gasteiger partial charge in [0, 0.05) is 25.1 Å². The van der Waals surface area contributed by atoms with Crippen LogP contribution in [0.15, 0.2) is 49.2 Å². The molecular weight excluding hydrogens is 396 g/mol. The molecule has 0 bridgehead atoms. The molecule has 2 aliphatic rings. The van der Waals surface area contributed by atoms with Crippen LogP contribution in [-0.2, 0) is 4.79 Å². The van der Waals surface area contributed by atoms with Crippen molar-refractivity contribution in [2.45, 2.75) is 31.8 Å². The Hall–Kier alpha value is -3.62. The van der Waals surface area contributed by atoms with E-state index in [9.17, 15) is 4.79 Å². The molecule has 31 heavy (non-hydrogen) atoms. The van der Waals surface area contributed by atoms with E-state index in [0.29, 0.717) is 19.2 Å². The van der Waals surface area contributed by atoms with Gasteiger partial charge in [-0.2, -0.15) is 4.98 Å². The molecule has 1 aromatic carbocycles. The van der Waals surface area contributed by atoms with E-state index in [1.54, 1.807) is 29.5 Å². The second kappa shape index (κ2) is 8.25. The predicted octanol–water partition coefficient (Wildman–Crippen LogP) is 2.28. The number of anilines is 1. The van der Waals surface area contributed by atoms with Crippen molar-refractivity contribution in [2.75, 3.05) is 24.7 Å². The average Bonchev–Trinajstić information content (AvgIpc) is 3.51. The second-order valence-corrected chi connectivity index (χ2v) is 7.67. The minimum atomic E-state index is -0.273. The van der Waals surface area contributed by atoms with Crippen molar-refractivity contribution in [3.8, 4) is 17.4 Å². The number of aromatic nitrogens is 4. The van der Waals surface area contributed by atoms with Crippen molar-refractivity contribution >= 4 is 11.7 Å². The normalized spacial score (nSPS) is 18.6. The Labute approximate surface area is 180 Å². The molecule has 2 unspecified atom stereocenters. The number of carbonyl (C=O) groups excluding carboxylic acids is 1. The zero-order valence-corrected chi connectivity index (χ0v) is 17.3. The molecule has 3 aromatic rings. The highest BCUT2D eigenvalue weighted by atomic mass is 16.6. The third kappa shape index (κ3) is 3.90. The van der Waals surface area contributed by atoms with E-state index in [2.05, 4.69) is 20.3 Å². The number of ether oxygens (including phenoxy) is 2. The summed E-state index contributed by atoms with van der Waals surface area (Å²) in [5.74, 6) is 2.73. The number of hydrogen-bond acceptors (Lipinski definition) is 7. The summed E-state index contributed by atoms with van der Waals surface area (Å²) >= 11 is 0. The lowest BCUT2D eigenvalue weighted by Crippen LogP contribution is -2.44. The summed E-state index contributed by atoms with van der Waals surface area (Å²) in [4.78, 5) is 28.2. The van der Waals surface area contributed by atoms with Gasteiger partial charge in [-0.15, -0.1) is 0 Å². The standard InChI is InChI=1S/C22H24N6O3/c1-15(16-4-5-18-19(13-16)31-12-11-30-18)25-21(29)17-3-2-9-28(17)20-6-7-24-22(26-20)27-10-8-23-14-27/h4-8,10,13-15,17H,2-3,9,11-12H2,1H3,(H,25,29). The van der Waals surface area contributed by atoms with Crippen molar-refractivity contribution in [2.24, 2.45) is 0 Å². The molecule has 0 saturated carbocycles.